The highest BCUT2D eigenvalue weighted by atomic mass is 32.1. The molecule has 2 aromatic carbocycles. The van der Waals surface area contributed by atoms with Crippen molar-refractivity contribution in [2.45, 2.75) is 0 Å². The second-order valence-corrected chi connectivity index (χ2v) is 4.71. The van der Waals surface area contributed by atoms with E-state index < -0.39 is 0 Å². The summed E-state index contributed by atoms with van der Waals surface area (Å²) >= 11 is 1.76. The van der Waals surface area contributed by atoms with Gasteiger partial charge in [-0.3, -0.25) is 0 Å². The molecule has 3 aromatic rings. The first-order valence-electron chi connectivity index (χ1n) is 5.54. The number of thiazole rings is 1. The quantitative estimate of drug-likeness (QED) is 0.598. The first-order chi connectivity index (χ1) is 8.43. The minimum atomic E-state index is 1.22. The fourth-order valence-corrected chi connectivity index (χ4v) is 2.65. The van der Waals surface area contributed by atoms with Gasteiger partial charge >= 0.3 is 0 Å². The lowest BCUT2D eigenvalue weighted by Crippen LogP contribution is -2.22. The van der Waals surface area contributed by atoms with E-state index in [9.17, 15) is 0 Å². The highest BCUT2D eigenvalue weighted by Crippen LogP contribution is 2.15. The monoisotopic (exact) mass is 238 g/mol. The Balaban J connectivity index is 1.98. The Morgan fingerprint density at radius 1 is 0.882 bits per heavy atom. The lowest BCUT2D eigenvalue weighted by molar-refractivity contribution is -0.532. The molecule has 1 aromatic heterocycles. The molecule has 3 rings (SSSR count). The van der Waals surface area contributed by atoms with Gasteiger partial charge in [0, 0.05) is 12.1 Å². The summed E-state index contributed by atoms with van der Waals surface area (Å²) in [6.45, 7) is 0. The maximum absolute atomic E-state index is 2.16. The van der Waals surface area contributed by atoms with E-state index in [2.05, 4.69) is 70.9 Å². The van der Waals surface area contributed by atoms with Crippen LogP contribution in [0.15, 0.2) is 60.1 Å². The Labute approximate surface area is 104 Å². The van der Waals surface area contributed by atoms with Gasteiger partial charge < -0.3 is 0 Å². The highest BCUT2D eigenvalue weighted by molar-refractivity contribution is 7.16. The molecule has 0 atom stereocenters. The number of hydrogen-bond acceptors (Lipinski definition) is 1. The van der Waals surface area contributed by atoms with Crippen molar-refractivity contribution in [3.8, 4) is 0 Å². The molecule has 0 saturated carbocycles. The van der Waals surface area contributed by atoms with E-state index in [4.69, 9.17) is 0 Å². The summed E-state index contributed by atoms with van der Waals surface area (Å²) < 4.78 is 3.47. The third-order valence-electron chi connectivity index (χ3n) is 2.66. The summed E-state index contributed by atoms with van der Waals surface area (Å²) in [7, 11) is 0. The van der Waals surface area contributed by atoms with Crippen LogP contribution < -0.4 is 4.57 Å². The zero-order valence-electron chi connectivity index (χ0n) is 9.28. The molecule has 0 radical (unpaired) electrons. The molecule has 0 fully saturated rings. The van der Waals surface area contributed by atoms with Crippen LogP contribution in [0.5, 0.6) is 0 Å². The normalized spacial score (nSPS) is 11.3. The summed E-state index contributed by atoms with van der Waals surface area (Å²) in [4.78, 5) is 0. The van der Waals surface area contributed by atoms with Gasteiger partial charge in [0.2, 0.25) is 11.0 Å². The number of benzene rings is 2. The van der Waals surface area contributed by atoms with Crippen LogP contribution in [0.4, 0.5) is 0 Å². The van der Waals surface area contributed by atoms with Gasteiger partial charge in [-0.25, -0.2) is 0 Å². The first-order valence-corrected chi connectivity index (χ1v) is 6.42. The molecule has 2 heteroatoms. The topological polar surface area (TPSA) is 3.88 Å². The van der Waals surface area contributed by atoms with Crippen LogP contribution in [-0.4, -0.2) is 0 Å². The predicted molar refractivity (Wildman–Crippen MR) is 73.7 cm³/mol. The molecule has 0 amide bonds. The average Bonchev–Trinajstić information content (AvgIpc) is 2.81. The summed E-state index contributed by atoms with van der Waals surface area (Å²) in [5, 5.41) is 0. The van der Waals surface area contributed by atoms with Crippen molar-refractivity contribution >= 4 is 33.8 Å². The Morgan fingerprint density at radius 3 is 2.53 bits per heavy atom. The van der Waals surface area contributed by atoms with Crippen LogP contribution in [0.3, 0.4) is 0 Å². The van der Waals surface area contributed by atoms with Crippen molar-refractivity contribution < 1.29 is 4.57 Å². The van der Waals surface area contributed by atoms with Gasteiger partial charge in [-0.15, -0.1) is 0 Å². The van der Waals surface area contributed by atoms with Crippen molar-refractivity contribution in [3.05, 3.63) is 65.7 Å². The lowest BCUT2D eigenvalue weighted by Gasteiger charge is -1.88. The Morgan fingerprint density at radius 2 is 1.65 bits per heavy atom. The van der Waals surface area contributed by atoms with E-state index in [1.807, 2.05) is 6.07 Å². The van der Waals surface area contributed by atoms with Gasteiger partial charge in [0.05, 0.1) is 0 Å². The molecule has 0 aliphatic rings. The number of rotatable bonds is 2. The van der Waals surface area contributed by atoms with Crippen LogP contribution >= 0.6 is 11.3 Å². The number of nitrogens with zero attached hydrogens (tertiary/aromatic N) is 1. The van der Waals surface area contributed by atoms with Crippen molar-refractivity contribution in [1.29, 1.82) is 0 Å². The van der Waals surface area contributed by atoms with Gasteiger partial charge in [-0.05, 0) is 11.6 Å². The molecule has 0 spiro atoms. The Bertz CT molecular complexity index is 653. The summed E-state index contributed by atoms with van der Waals surface area (Å²) in [5.41, 5.74) is 4.60. The Hall–Kier alpha value is -1.93. The second kappa shape index (κ2) is 4.52. The molecule has 0 N–H and O–H groups in total. The summed E-state index contributed by atoms with van der Waals surface area (Å²) in [6, 6.07) is 18.8. The zero-order chi connectivity index (χ0) is 11.5. The predicted octanol–water partition coefficient (Wildman–Crippen LogP) is 3.82. The summed E-state index contributed by atoms with van der Waals surface area (Å²) in [5.74, 6) is 0. The van der Waals surface area contributed by atoms with E-state index in [-0.39, 0.29) is 0 Å². The standard InChI is InChI=1S/C15H12NS/c1-2-6-13(7-3-1)10-11-16-12-17-15-9-5-4-8-14(15)16/h1-12H/q+1. The van der Waals surface area contributed by atoms with Crippen LogP contribution in [0.2, 0.25) is 0 Å². The van der Waals surface area contributed by atoms with Crippen molar-refractivity contribution in [1.82, 2.24) is 0 Å². The van der Waals surface area contributed by atoms with Gasteiger partial charge in [-0.1, -0.05) is 53.8 Å². The molecular formula is C15H12NS+. The van der Waals surface area contributed by atoms with E-state index in [1.54, 1.807) is 11.3 Å². The van der Waals surface area contributed by atoms with Crippen LogP contribution in [0.25, 0.3) is 22.5 Å². The molecule has 0 unspecified atom stereocenters. The fraction of sp³-hybridized carbons (Fsp3) is 0. The third-order valence-corrected chi connectivity index (χ3v) is 3.60. The van der Waals surface area contributed by atoms with Gasteiger partial charge in [0.1, 0.15) is 4.70 Å². The number of para-hydroxylation sites is 1. The van der Waals surface area contributed by atoms with Gasteiger partial charge in [0.15, 0.2) is 6.20 Å². The van der Waals surface area contributed by atoms with Gasteiger partial charge in [0.25, 0.3) is 0 Å². The van der Waals surface area contributed by atoms with Crippen LogP contribution in [-0.2, 0) is 0 Å². The van der Waals surface area contributed by atoms with Crippen molar-refractivity contribution in [2.24, 2.45) is 0 Å². The third kappa shape index (κ3) is 2.12. The number of fused-ring (bicyclic) bond motifs is 1. The smallest absolute Gasteiger partial charge is 0.156 e. The van der Waals surface area contributed by atoms with E-state index in [0.717, 1.165) is 0 Å². The highest BCUT2D eigenvalue weighted by Gasteiger charge is 2.07. The second-order valence-electron chi connectivity index (χ2n) is 3.82. The lowest BCUT2D eigenvalue weighted by atomic mass is 10.2. The molecule has 0 bridgehead atoms. The van der Waals surface area contributed by atoms with E-state index in [0.29, 0.717) is 0 Å². The number of hydrogen-bond donors (Lipinski definition) is 0. The van der Waals surface area contributed by atoms with E-state index >= 15 is 0 Å². The molecule has 82 valence electrons. The fourth-order valence-electron chi connectivity index (χ4n) is 1.79. The molecule has 1 heterocycles. The maximum atomic E-state index is 2.16. The molecule has 0 saturated heterocycles. The minimum absolute atomic E-state index is 1.22. The summed E-state index contributed by atoms with van der Waals surface area (Å²) in [6.07, 6.45) is 4.23. The molecule has 1 nitrogen and oxygen atoms in total. The average molecular weight is 238 g/mol. The van der Waals surface area contributed by atoms with Crippen molar-refractivity contribution in [3.63, 3.8) is 0 Å². The molecule has 0 aliphatic carbocycles. The largest absolute Gasteiger partial charge is 0.231 e. The number of aromatic nitrogens is 1. The zero-order valence-corrected chi connectivity index (χ0v) is 10.1. The van der Waals surface area contributed by atoms with Gasteiger partial charge in [-0.2, -0.15) is 4.57 Å². The maximum Gasteiger partial charge on any atom is 0.231 e. The van der Waals surface area contributed by atoms with Crippen molar-refractivity contribution in [2.75, 3.05) is 0 Å². The van der Waals surface area contributed by atoms with Crippen LogP contribution in [0, 0.1) is 0 Å². The molecule has 0 aliphatic heterocycles. The van der Waals surface area contributed by atoms with E-state index in [1.165, 1.54) is 15.8 Å². The Kier molecular flexibility index (Phi) is 2.72. The first kappa shape index (κ1) is 10.2. The van der Waals surface area contributed by atoms with Crippen LogP contribution in [0.1, 0.15) is 5.56 Å². The minimum Gasteiger partial charge on any atom is -0.156 e. The molecule has 17 heavy (non-hydrogen) atoms. The molecular weight excluding hydrogens is 226 g/mol. The SMILES string of the molecule is C(=C[n+]1csc2ccccc21)c1ccccc1.